The number of nitrogens with one attached hydrogen (secondary N) is 1. The Morgan fingerprint density at radius 2 is 2.05 bits per heavy atom. The van der Waals surface area contributed by atoms with Gasteiger partial charge in [0.05, 0.1) is 10.5 Å². The number of hydrogen-bond acceptors (Lipinski definition) is 1. The Morgan fingerprint density at radius 1 is 1.29 bits per heavy atom. The molecular formula is C17H18BrFIN. The first-order chi connectivity index (χ1) is 10.0. The number of rotatable bonds is 5. The van der Waals surface area contributed by atoms with Gasteiger partial charge in [0, 0.05) is 3.57 Å². The summed E-state index contributed by atoms with van der Waals surface area (Å²) in [4.78, 5) is 0. The fraction of sp³-hybridized carbons (Fsp3) is 0.294. The summed E-state index contributed by atoms with van der Waals surface area (Å²) in [6.45, 7) is 5.18. The highest BCUT2D eigenvalue weighted by Crippen LogP contribution is 2.30. The van der Waals surface area contributed by atoms with Crippen molar-refractivity contribution in [3.05, 3.63) is 66.9 Å². The second-order valence-electron chi connectivity index (χ2n) is 5.04. The monoisotopic (exact) mass is 461 g/mol. The molecule has 0 radical (unpaired) electrons. The van der Waals surface area contributed by atoms with Crippen molar-refractivity contribution in [2.45, 2.75) is 26.3 Å². The van der Waals surface area contributed by atoms with Crippen molar-refractivity contribution < 1.29 is 4.39 Å². The van der Waals surface area contributed by atoms with Crippen LogP contribution >= 0.6 is 38.5 Å². The van der Waals surface area contributed by atoms with Gasteiger partial charge in [-0.15, -0.1) is 0 Å². The fourth-order valence-corrected chi connectivity index (χ4v) is 3.35. The lowest BCUT2D eigenvalue weighted by Gasteiger charge is -2.22. The lowest BCUT2D eigenvalue weighted by Crippen LogP contribution is -2.24. The Balaban J connectivity index is 2.47. The number of hydrogen-bond donors (Lipinski definition) is 1. The highest BCUT2D eigenvalue weighted by molar-refractivity contribution is 14.1. The molecule has 0 fully saturated rings. The van der Waals surface area contributed by atoms with Crippen LogP contribution in [0.5, 0.6) is 0 Å². The zero-order chi connectivity index (χ0) is 15.4. The van der Waals surface area contributed by atoms with Gasteiger partial charge in [-0.25, -0.2) is 4.39 Å². The molecule has 0 amide bonds. The van der Waals surface area contributed by atoms with Crippen molar-refractivity contribution in [3.8, 4) is 0 Å². The summed E-state index contributed by atoms with van der Waals surface area (Å²) in [5.74, 6) is -0.230. The van der Waals surface area contributed by atoms with Crippen molar-refractivity contribution >= 4 is 38.5 Å². The smallest absolute Gasteiger partial charge is 0.137 e. The minimum absolute atomic E-state index is 0.0775. The molecule has 0 aromatic heterocycles. The van der Waals surface area contributed by atoms with Crippen LogP contribution in [0.25, 0.3) is 0 Å². The van der Waals surface area contributed by atoms with Crippen molar-refractivity contribution in [1.82, 2.24) is 5.32 Å². The van der Waals surface area contributed by atoms with E-state index in [-0.39, 0.29) is 11.9 Å². The first-order valence-corrected chi connectivity index (χ1v) is 8.85. The molecule has 1 atom stereocenters. The van der Waals surface area contributed by atoms with Crippen LogP contribution < -0.4 is 5.32 Å². The second-order valence-corrected chi connectivity index (χ2v) is 6.97. The van der Waals surface area contributed by atoms with Crippen molar-refractivity contribution in [2.24, 2.45) is 0 Å². The molecule has 0 heterocycles. The zero-order valence-corrected chi connectivity index (χ0v) is 15.8. The van der Waals surface area contributed by atoms with E-state index in [4.69, 9.17) is 0 Å². The average Bonchev–Trinajstić information content (AvgIpc) is 2.47. The molecule has 112 valence electrons. The van der Waals surface area contributed by atoms with E-state index in [1.807, 2.05) is 12.1 Å². The Bertz CT molecular complexity index is 630. The molecule has 0 saturated heterocycles. The van der Waals surface area contributed by atoms with Crippen molar-refractivity contribution in [3.63, 3.8) is 0 Å². The summed E-state index contributed by atoms with van der Waals surface area (Å²) in [6.07, 6.45) is 1.06. The van der Waals surface area contributed by atoms with Gasteiger partial charge in [-0.1, -0.05) is 31.2 Å². The number of aryl methyl sites for hydroxylation is 1. The Labute approximate surface area is 147 Å². The molecule has 0 spiro atoms. The third kappa shape index (κ3) is 4.05. The van der Waals surface area contributed by atoms with E-state index < -0.39 is 0 Å². The topological polar surface area (TPSA) is 12.0 Å². The lowest BCUT2D eigenvalue weighted by molar-refractivity contribution is 0.589. The summed E-state index contributed by atoms with van der Waals surface area (Å²) in [6, 6.07) is 11.6. The molecule has 0 aliphatic carbocycles. The second kappa shape index (κ2) is 7.70. The molecule has 1 nitrogen and oxygen atoms in total. The first kappa shape index (κ1) is 16.9. The minimum atomic E-state index is -0.230. The van der Waals surface area contributed by atoms with Crippen LogP contribution in [0, 0.1) is 16.3 Å². The molecule has 0 bridgehead atoms. The first-order valence-electron chi connectivity index (χ1n) is 6.98. The highest BCUT2D eigenvalue weighted by Gasteiger charge is 2.18. The van der Waals surface area contributed by atoms with Crippen molar-refractivity contribution in [2.75, 3.05) is 6.54 Å². The molecule has 2 aromatic rings. The molecule has 21 heavy (non-hydrogen) atoms. The third-order valence-electron chi connectivity index (χ3n) is 3.41. The highest BCUT2D eigenvalue weighted by atomic mass is 127. The molecular weight excluding hydrogens is 444 g/mol. The maximum atomic E-state index is 13.5. The summed E-state index contributed by atoms with van der Waals surface area (Å²) in [5.41, 5.74) is 3.57. The predicted octanol–water partition coefficient (Wildman–Crippen LogP) is 5.59. The van der Waals surface area contributed by atoms with E-state index in [1.54, 1.807) is 0 Å². The van der Waals surface area contributed by atoms with Gasteiger partial charge in [0.2, 0.25) is 0 Å². The largest absolute Gasteiger partial charge is 0.306 e. The molecule has 1 unspecified atom stereocenters. The number of halogens is 3. The van der Waals surface area contributed by atoms with Gasteiger partial charge in [-0.2, -0.15) is 0 Å². The van der Waals surface area contributed by atoms with E-state index in [1.165, 1.54) is 20.8 Å². The standard InChI is InChI=1S/C17H18BrFIN/c1-3-9-21-17(12-7-8-15(19)14(18)10-12)13-6-4-5-11(2)16(13)20/h4-8,10,17,21H,3,9H2,1-2H3. The van der Waals surface area contributed by atoms with E-state index in [0.717, 1.165) is 18.5 Å². The summed E-state index contributed by atoms with van der Waals surface area (Å²) < 4.78 is 15.3. The SMILES string of the molecule is CCCNC(c1ccc(F)c(Br)c1)c1cccc(C)c1I. The zero-order valence-electron chi connectivity index (χ0n) is 12.1. The van der Waals surface area contributed by atoms with Gasteiger partial charge < -0.3 is 5.32 Å². The van der Waals surface area contributed by atoms with Gasteiger partial charge in [0.1, 0.15) is 5.82 Å². The van der Waals surface area contributed by atoms with E-state index >= 15 is 0 Å². The van der Waals surface area contributed by atoms with Crippen LogP contribution in [-0.2, 0) is 0 Å². The lowest BCUT2D eigenvalue weighted by atomic mass is 9.97. The molecule has 4 heteroatoms. The van der Waals surface area contributed by atoms with Gasteiger partial charge in [-0.05, 0) is 87.2 Å². The van der Waals surface area contributed by atoms with E-state index in [0.29, 0.717) is 4.47 Å². The van der Waals surface area contributed by atoms with Gasteiger partial charge >= 0.3 is 0 Å². The predicted molar refractivity (Wildman–Crippen MR) is 98.1 cm³/mol. The fourth-order valence-electron chi connectivity index (χ4n) is 2.28. The van der Waals surface area contributed by atoms with Crippen LogP contribution in [0.3, 0.4) is 0 Å². The molecule has 0 saturated carbocycles. The molecule has 2 aromatic carbocycles. The van der Waals surface area contributed by atoms with Crippen molar-refractivity contribution in [1.29, 1.82) is 0 Å². The minimum Gasteiger partial charge on any atom is -0.306 e. The van der Waals surface area contributed by atoms with Gasteiger partial charge in [-0.3, -0.25) is 0 Å². The van der Waals surface area contributed by atoms with E-state index in [9.17, 15) is 4.39 Å². The Hall–Kier alpha value is -0.460. The quantitative estimate of drug-likeness (QED) is 0.572. The summed E-state index contributed by atoms with van der Waals surface area (Å²) in [5, 5.41) is 3.57. The Kier molecular flexibility index (Phi) is 6.20. The maximum Gasteiger partial charge on any atom is 0.137 e. The molecule has 1 N–H and O–H groups in total. The van der Waals surface area contributed by atoms with Crippen LogP contribution in [0.1, 0.15) is 36.1 Å². The van der Waals surface area contributed by atoms with Crippen LogP contribution in [0.15, 0.2) is 40.9 Å². The molecule has 0 aliphatic rings. The summed E-state index contributed by atoms with van der Waals surface area (Å²) in [7, 11) is 0. The van der Waals surface area contributed by atoms with Crippen LogP contribution in [-0.4, -0.2) is 6.54 Å². The maximum absolute atomic E-state index is 13.5. The van der Waals surface area contributed by atoms with E-state index in [2.05, 4.69) is 75.9 Å². The number of benzene rings is 2. The third-order valence-corrected chi connectivity index (χ3v) is 5.49. The van der Waals surface area contributed by atoms with Crippen LogP contribution in [0.4, 0.5) is 4.39 Å². The summed E-state index contributed by atoms with van der Waals surface area (Å²) >= 11 is 5.67. The van der Waals surface area contributed by atoms with Gasteiger partial charge in [0.15, 0.2) is 0 Å². The van der Waals surface area contributed by atoms with Gasteiger partial charge in [0.25, 0.3) is 0 Å². The Morgan fingerprint density at radius 3 is 2.71 bits per heavy atom. The van der Waals surface area contributed by atoms with Crippen LogP contribution in [0.2, 0.25) is 0 Å². The molecule has 0 aliphatic heterocycles. The molecule has 2 rings (SSSR count). The average molecular weight is 462 g/mol. The normalized spacial score (nSPS) is 12.4.